The molecule has 18 heavy (non-hydrogen) atoms. The minimum absolute atomic E-state index is 0.689. The lowest BCUT2D eigenvalue weighted by atomic mass is 10.1. The summed E-state index contributed by atoms with van der Waals surface area (Å²) in [4.78, 5) is 2.66. The molecule has 1 aromatic carbocycles. The van der Waals surface area contributed by atoms with Crippen LogP contribution in [-0.2, 0) is 6.54 Å². The Hall–Kier alpha value is -0.380. The average Bonchev–Trinajstić information content (AvgIpc) is 3.11. The van der Waals surface area contributed by atoms with Crippen LogP contribution in [0.1, 0.15) is 30.4 Å². The second kappa shape index (κ2) is 5.32. The maximum absolute atomic E-state index is 3.70. The van der Waals surface area contributed by atoms with Crippen LogP contribution in [0, 0.1) is 6.92 Å². The maximum atomic E-state index is 3.70. The summed E-state index contributed by atoms with van der Waals surface area (Å²) in [6.45, 7) is 5.69. The van der Waals surface area contributed by atoms with Gasteiger partial charge in [-0.1, -0.05) is 28.1 Å². The van der Waals surface area contributed by atoms with Gasteiger partial charge in [0.05, 0.1) is 0 Å². The molecule has 0 amide bonds. The highest BCUT2D eigenvalue weighted by Gasteiger charge is 2.33. The molecule has 0 aromatic heterocycles. The third kappa shape index (κ3) is 2.95. The molecule has 1 aliphatic carbocycles. The highest BCUT2D eigenvalue weighted by Crippen LogP contribution is 2.29. The number of nitrogens with zero attached hydrogens (tertiary/aromatic N) is 1. The first-order valence-electron chi connectivity index (χ1n) is 6.95. The van der Waals surface area contributed by atoms with Gasteiger partial charge in [-0.3, -0.25) is 4.90 Å². The first-order valence-corrected chi connectivity index (χ1v) is 7.74. The van der Waals surface area contributed by atoms with Crippen molar-refractivity contribution in [2.45, 2.75) is 44.8 Å². The second-order valence-corrected chi connectivity index (χ2v) is 6.53. The molecule has 1 aromatic rings. The van der Waals surface area contributed by atoms with Gasteiger partial charge in [0.2, 0.25) is 0 Å². The Bertz CT molecular complexity index is 429. The monoisotopic (exact) mass is 308 g/mol. The molecular weight excluding hydrogens is 288 g/mol. The SMILES string of the molecule is Cc1cc(CNC2CCN(C3CC3)C2)ccc1Br. The average molecular weight is 309 g/mol. The van der Waals surface area contributed by atoms with Gasteiger partial charge in [0.15, 0.2) is 0 Å². The van der Waals surface area contributed by atoms with Crippen LogP contribution in [0.2, 0.25) is 0 Å². The Morgan fingerprint density at radius 2 is 2.17 bits per heavy atom. The van der Waals surface area contributed by atoms with Crippen LogP contribution in [0.5, 0.6) is 0 Å². The van der Waals surface area contributed by atoms with Crippen molar-refractivity contribution in [1.29, 1.82) is 0 Å². The quantitative estimate of drug-likeness (QED) is 0.919. The molecule has 2 aliphatic rings. The molecule has 1 saturated heterocycles. The highest BCUT2D eigenvalue weighted by molar-refractivity contribution is 9.10. The minimum Gasteiger partial charge on any atom is -0.309 e. The van der Waals surface area contributed by atoms with Gasteiger partial charge < -0.3 is 5.32 Å². The Balaban J connectivity index is 1.50. The molecule has 2 nitrogen and oxygen atoms in total. The van der Waals surface area contributed by atoms with E-state index in [2.05, 4.69) is 51.3 Å². The predicted octanol–water partition coefficient (Wildman–Crippen LogP) is 3.08. The first-order chi connectivity index (χ1) is 8.72. The lowest BCUT2D eigenvalue weighted by Crippen LogP contribution is -2.32. The largest absolute Gasteiger partial charge is 0.309 e. The van der Waals surface area contributed by atoms with Crippen molar-refractivity contribution in [2.75, 3.05) is 13.1 Å². The molecule has 98 valence electrons. The standard InChI is InChI=1S/C15H21BrN2/c1-11-8-12(2-5-15(11)16)9-17-13-6-7-18(10-13)14-3-4-14/h2,5,8,13-14,17H,3-4,6-7,9-10H2,1H3. The number of nitrogens with one attached hydrogen (secondary N) is 1. The zero-order chi connectivity index (χ0) is 12.5. The predicted molar refractivity (Wildman–Crippen MR) is 78.7 cm³/mol. The number of benzene rings is 1. The van der Waals surface area contributed by atoms with E-state index in [0.717, 1.165) is 12.6 Å². The van der Waals surface area contributed by atoms with Crippen molar-refractivity contribution < 1.29 is 0 Å². The van der Waals surface area contributed by atoms with Crippen molar-refractivity contribution in [3.8, 4) is 0 Å². The van der Waals surface area contributed by atoms with Crippen molar-refractivity contribution in [1.82, 2.24) is 10.2 Å². The molecule has 3 heteroatoms. The van der Waals surface area contributed by atoms with Gasteiger partial charge in [-0.2, -0.15) is 0 Å². The fourth-order valence-electron chi connectivity index (χ4n) is 2.80. The summed E-state index contributed by atoms with van der Waals surface area (Å²) in [5.74, 6) is 0. The fraction of sp³-hybridized carbons (Fsp3) is 0.600. The van der Waals surface area contributed by atoms with Crippen LogP contribution < -0.4 is 5.32 Å². The van der Waals surface area contributed by atoms with Crippen molar-refractivity contribution in [3.63, 3.8) is 0 Å². The van der Waals surface area contributed by atoms with Crippen molar-refractivity contribution in [2.24, 2.45) is 0 Å². The van der Waals surface area contributed by atoms with Gasteiger partial charge in [-0.25, -0.2) is 0 Å². The lowest BCUT2D eigenvalue weighted by Gasteiger charge is -2.16. The molecule has 0 bridgehead atoms. The van der Waals surface area contributed by atoms with Crippen molar-refractivity contribution >= 4 is 15.9 Å². The zero-order valence-electron chi connectivity index (χ0n) is 11.0. The smallest absolute Gasteiger partial charge is 0.0210 e. The number of aryl methyl sites for hydroxylation is 1. The van der Waals surface area contributed by atoms with Crippen LogP contribution >= 0.6 is 15.9 Å². The molecular formula is C15H21BrN2. The summed E-state index contributed by atoms with van der Waals surface area (Å²) >= 11 is 3.55. The van der Waals surface area contributed by atoms with E-state index in [1.54, 1.807) is 0 Å². The van der Waals surface area contributed by atoms with Gasteiger partial charge >= 0.3 is 0 Å². The molecule has 1 unspecified atom stereocenters. The molecule has 1 aliphatic heterocycles. The van der Waals surface area contributed by atoms with E-state index in [-0.39, 0.29) is 0 Å². The zero-order valence-corrected chi connectivity index (χ0v) is 12.5. The van der Waals surface area contributed by atoms with Crippen LogP contribution in [0.4, 0.5) is 0 Å². The molecule has 0 spiro atoms. The van der Waals surface area contributed by atoms with E-state index in [1.807, 2.05) is 0 Å². The van der Waals surface area contributed by atoms with Crippen LogP contribution in [0.15, 0.2) is 22.7 Å². The summed E-state index contributed by atoms with van der Waals surface area (Å²) in [6.07, 6.45) is 4.17. The molecule has 1 N–H and O–H groups in total. The van der Waals surface area contributed by atoms with E-state index in [1.165, 1.54) is 48.0 Å². The Kier molecular flexibility index (Phi) is 3.73. The minimum atomic E-state index is 0.689. The second-order valence-electron chi connectivity index (χ2n) is 5.68. The number of rotatable bonds is 4. The summed E-state index contributed by atoms with van der Waals surface area (Å²) in [5.41, 5.74) is 2.71. The summed E-state index contributed by atoms with van der Waals surface area (Å²) in [5, 5.41) is 3.70. The molecule has 3 rings (SSSR count). The van der Waals surface area contributed by atoms with Crippen LogP contribution in [0.25, 0.3) is 0 Å². The van der Waals surface area contributed by atoms with E-state index in [0.29, 0.717) is 6.04 Å². The van der Waals surface area contributed by atoms with E-state index in [9.17, 15) is 0 Å². The number of halogens is 1. The molecule has 2 fully saturated rings. The number of hydrogen-bond acceptors (Lipinski definition) is 2. The molecule has 0 radical (unpaired) electrons. The third-order valence-electron chi connectivity index (χ3n) is 4.10. The maximum Gasteiger partial charge on any atom is 0.0210 e. The molecule has 1 saturated carbocycles. The van der Waals surface area contributed by atoms with Crippen LogP contribution in [-0.4, -0.2) is 30.1 Å². The molecule has 1 heterocycles. The van der Waals surface area contributed by atoms with Crippen LogP contribution in [0.3, 0.4) is 0 Å². The fourth-order valence-corrected chi connectivity index (χ4v) is 3.05. The van der Waals surface area contributed by atoms with E-state index < -0.39 is 0 Å². The lowest BCUT2D eigenvalue weighted by molar-refractivity contribution is 0.317. The van der Waals surface area contributed by atoms with Gasteiger partial charge in [0, 0.05) is 36.2 Å². The normalized spacial score (nSPS) is 24.7. The summed E-state index contributed by atoms with van der Waals surface area (Å²) in [7, 11) is 0. The Labute approximate surface area is 118 Å². The van der Waals surface area contributed by atoms with Gasteiger partial charge in [0.1, 0.15) is 0 Å². The number of likely N-dealkylation sites (tertiary alicyclic amines) is 1. The topological polar surface area (TPSA) is 15.3 Å². The summed E-state index contributed by atoms with van der Waals surface area (Å²) < 4.78 is 1.20. The van der Waals surface area contributed by atoms with E-state index >= 15 is 0 Å². The van der Waals surface area contributed by atoms with Crippen molar-refractivity contribution in [3.05, 3.63) is 33.8 Å². The van der Waals surface area contributed by atoms with Gasteiger partial charge in [0.25, 0.3) is 0 Å². The first kappa shape index (κ1) is 12.6. The Morgan fingerprint density at radius 1 is 1.33 bits per heavy atom. The summed E-state index contributed by atoms with van der Waals surface area (Å²) in [6, 6.07) is 8.24. The number of hydrogen-bond donors (Lipinski definition) is 1. The van der Waals surface area contributed by atoms with E-state index in [4.69, 9.17) is 0 Å². The third-order valence-corrected chi connectivity index (χ3v) is 4.99. The molecule has 1 atom stereocenters. The highest BCUT2D eigenvalue weighted by atomic mass is 79.9. The van der Waals surface area contributed by atoms with Gasteiger partial charge in [-0.05, 0) is 43.4 Å². The Morgan fingerprint density at radius 3 is 2.89 bits per heavy atom. The van der Waals surface area contributed by atoms with Gasteiger partial charge in [-0.15, -0.1) is 0 Å².